The summed E-state index contributed by atoms with van der Waals surface area (Å²) in [4.78, 5) is 0. The maximum Gasteiger partial charge on any atom is 0.140 e. The number of nitrogens with one attached hydrogen (secondary N) is 1. The van der Waals surface area contributed by atoms with Gasteiger partial charge in [-0.1, -0.05) is 77.7 Å². The topological polar surface area (TPSA) is 23.9 Å². The Kier molecular flexibility index (Phi) is 5.02. The summed E-state index contributed by atoms with van der Waals surface area (Å²) in [5, 5.41) is 9.54. The van der Waals surface area contributed by atoms with E-state index in [4.69, 9.17) is 0 Å². The first-order valence-corrected chi connectivity index (χ1v) is 12.3. The second-order valence-corrected chi connectivity index (χ2v) is 12.0. The summed E-state index contributed by atoms with van der Waals surface area (Å²) >= 11 is 0. The molecule has 1 unspecified atom stereocenters. The van der Waals surface area contributed by atoms with Crippen LogP contribution in [0.25, 0.3) is 6.08 Å². The second-order valence-electron chi connectivity index (χ2n) is 12.0. The zero-order chi connectivity index (χ0) is 24.0. The first-order chi connectivity index (χ1) is 14.7. The van der Waals surface area contributed by atoms with Gasteiger partial charge in [0.05, 0.1) is 5.71 Å². The van der Waals surface area contributed by atoms with E-state index in [1.165, 1.54) is 44.4 Å². The third-order valence-corrected chi connectivity index (χ3v) is 9.78. The molecule has 0 bridgehead atoms. The molecule has 0 aliphatic heterocycles. The Bertz CT molecular complexity index is 1190. The number of hydrogen-bond donors (Lipinski definition) is 1. The third-order valence-electron chi connectivity index (χ3n) is 9.78. The number of aryl methyl sites for hydroxylation is 2. The maximum atomic E-state index is 9.54. The monoisotopic (exact) mass is 425 g/mol. The summed E-state index contributed by atoms with van der Waals surface area (Å²) in [6, 6.07) is 4.53. The second kappa shape index (κ2) is 6.96. The lowest BCUT2D eigenvalue weighted by Crippen LogP contribution is -2.43. The van der Waals surface area contributed by atoms with E-state index in [-0.39, 0.29) is 16.2 Å². The third kappa shape index (κ3) is 2.68. The van der Waals surface area contributed by atoms with Crippen LogP contribution in [-0.4, -0.2) is 13.6 Å². The Labute approximate surface area is 196 Å². The molecular formula is C30H40BN. The number of hydrogen-bond acceptors (Lipinski definition) is 1. The van der Waals surface area contributed by atoms with E-state index in [9.17, 15) is 5.41 Å². The van der Waals surface area contributed by atoms with Gasteiger partial charge in [-0.15, -0.1) is 0 Å². The average Bonchev–Trinajstić information content (AvgIpc) is 2.79. The summed E-state index contributed by atoms with van der Waals surface area (Å²) in [5.74, 6) is 0.341. The van der Waals surface area contributed by atoms with Gasteiger partial charge in [-0.3, -0.25) is 5.41 Å². The molecule has 168 valence electrons. The van der Waals surface area contributed by atoms with Crippen LogP contribution >= 0.6 is 0 Å². The molecule has 2 aliphatic carbocycles. The van der Waals surface area contributed by atoms with Crippen LogP contribution in [0.3, 0.4) is 0 Å². The fourth-order valence-electron chi connectivity index (χ4n) is 6.98. The quantitative estimate of drug-likeness (QED) is 0.511. The molecule has 0 heterocycles. The predicted octanol–water partition coefficient (Wildman–Crippen LogP) is 6.40. The molecule has 1 nitrogen and oxygen atoms in total. The van der Waals surface area contributed by atoms with Crippen molar-refractivity contribution in [3.05, 3.63) is 68.3 Å². The summed E-state index contributed by atoms with van der Waals surface area (Å²) in [6.45, 7) is 23.5. The summed E-state index contributed by atoms with van der Waals surface area (Å²) in [7, 11) is 2.28. The first kappa shape index (κ1) is 23.1. The minimum Gasteiger partial charge on any atom is -0.300 e. The van der Waals surface area contributed by atoms with E-state index in [0.717, 1.165) is 17.5 Å². The van der Waals surface area contributed by atoms with E-state index in [2.05, 4.69) is 101 Å². The average molecular weight is 425 g/mol. The van der Waals surface area contributed by atoms with Crippen LogP contribution in [0.2, 0.25) is 0 Å². The lowest BCUT2D eigenvalue weighted by Gasteiger charge is -2.45. The van der Waals surface area contributed by atoms with Gasteiger partial charge in [-0.25, -0.2) is 0 Å². The molecule has 4 rings (SSSR count). The summed E-state index contributed by atoms with van der Waals surface area (Å²) in [5.41, 5.74) is 14.0. The standard InChI is InChI=1S/C30H40BN/c1-11-19-12-13-20-18(4)24-25(29(7,8)30(9,10)28(24,5)6)26(31)23(20)27(32)21-15-16(2)14-17(3)22(19)21/h12-15,19,32H,11,31H2,1-10H3/b13-12-,32-27?. The van der Waals surface area contributed by atoms with Crippen molar-refractivity contribution in [2.24, 2.45) is 5.41 Å². The van der Waals surface area contributed by atoms with Crippen molar-refractivity contribution in [2.75, 3.05) is 0 Å². The zero-order valence-corrected chi connectivity index (χ0v) is 22.1. The number of fused-ring (bicyclic) bond motifs is 3. The van der Waals surface area contributed by atoms with Crippen LogP contribution < -0.4 is 5.46 Å². The van der Waals surface area contributed by atoms with Crippen molar-refractivity contribution in [1.29, 1.82) is 5.41 Å². The highest BCUT2D eigenvalue weighted by Gasteiger charge is 2.58. The highest BCUT2D eigenvalue weighted by Crippen LogP contribution is 2.62. The van der Waals surface area contributed by atoms with E-state index < -0.39 is 0 Å². The molecule has 0 aromatic heterocycles. The molecule has 0 amide bonds. The Morgan fingerprint density at radius 2 is 1.53 bits per heavy atom. The molecule has 1 atom stereocenters. The van der Waals surface area contributed by atoms with Gasteiger partial charge < -0.3 is 0 Å². The van der Waals surface area contributed by atoms with Crippen LogP contribution in [0.15, 0.2) is 18.2 Å². The van der Waals surface area contributed by atoms with Gasteiger partial charge in [0.2, 0.25) is 0 Å². The minimum atomic E-state index is 0.0272. The van der Waals surface area contributed by atoms with E-state index in [1.54, 1.807) is 0 Å². The van der Waals surface area contributed by atoms with Gasteiger partial charge in [0.1, 0.15) is 7.85 Å². The van der Waals surface area contributed by atoms with Crippen molar-refractivity contribution in [1.82, 2.24) is 0 Å². The molecule has 0 saturated heterocycles. The fraction of sp³-hybridized carbons (Fsp3) is 0.500. The molecule has 2 aromatic rings. The van der Waals surface area contributed by atoms with Crippen molar-refractivity contribution in [2.45, 2.75) is 92.4 Å². The fourth-order valence-corrected chi connectivity index (χ4v) is 6.98. The maximum absolute atomic E-state index is 9.54. The van der Waals surface area contributed by atoms with Crippen LogP contribution in [0.4, 0.5) is 0 Å². The van der Waals surface area contributed by atoms with Gasteiger partial charge in [0.15, 0.2) is 0 Å². The van der Waals surface area contributed by atoms with Gasteiger partial charge in [0.25, 0.3) is 0 Å². The summed E-state index contributed by atoms with van der Waals surface area (Å²) < 4.78 is 0. The van der Waals surface area contributed by atoms with Crippen molar-refractivity contribution < 1.29 is 0 Å². The molecule has 1 N–H and O–H groups in total. The van der Waals surface area contributed by atoms with Crippen LogP contribution in [-0.2, 0) is 10.8 Å². The van der Waals surface area contributed by atoms with Crippen molar-refractivity contribution >= 4 is 25.1 Å². The largest absolute Gasteiger partial charge is 0.300 e. The summed E-state index contributed by atoms with van der Waals surface area (Å²) in [6.07, 6.45) is 5.80. The number of benzene rings is 2. The van der Waals surface area contributed by atoms with Gasteiger partial charge in [-0.2, -0.15) is 0 Å². The minimum absolute atomic E-state index is 0.0272. The molecule has 2 aromatic carbocycles. The Morgan fingerprint density at radius 1 is 0.938 bits per heavy atom. The zero-order valence-electron chi connectivity index (χ0n) is 22.1. The Balaban J connectivity index is 2.17. The van der Waals surface area contributed by atoms with E-state index in [1.807, 2.05) is 0 Å². The van der Waals surface area contributed by atoms with Gasteiger partial charge in [0, 0.05) is 17.0 Å². The van der Waals surface area contributed by atoms with Gasteiger partial charge >= 0.3 is 0 Å². The molecule has 0 saturated carbocycles. The highest BCUT2D eigenvalue weighted by atomic mass is 14.6. The molecule has 2 aliphatic rings. The lowest BCUT2D eigenvalue weighted by molar-refractivity contribution is 0.125. The molecule has 0 radical (unpaired) electrons. The lowest BCUT2D eigenvalue weighted by atomic mass is 9.58. The van der Waals surface area contributed by atoms with E-state index in [0.29, 0.717) is 11.6 Å². The van der Waals surface area contributed by atoms with Crippen LogP contribution in [0, 0.1) is 31.6 Å². The highest BCUT2D eigenvalue weighted by molar-refractivity contribution is 6.40. The molecule has 0 fully saturated rings. The molecular weight excluding hydrogens is 385 g/mol. The first-order valence-electron chi connectivity index (χ1n) is 12.3. The smallest absolute Gasteiger partial charge is 0.140 e. The molecule has 2 heteroatoms. The normalized spacial score (nSPS) is 23.1. The predicted molar refractivity (Wildman–Crippen MR) is 143 cm³/mol. The number of rotatable bonds is 1. The van der Waals surface area contributed by atoms with Crippen LogP contribution in [0.1, 0.15) is 111 Å². The molecule has 0 spiro atoms. The van der Waals surface area contributed by atoms with E-state index >= 15 is 0 Å². The van der Waals surface area contributed by atoms with Gasteiger partial charge in [-0.05, 0) is 82.9 Å². The van der Waals surface area contributed by atoms with Crippen molar-refractivity contribution in [3.8, 4) is 0 Å². The van der Waals surface area contributed by atoms with Crippen molar-refractivity contribution in [3.63, 3.8) is 0 Å². The SMILES string of the molecule is Bc1c2c(c(C)c3c1C(C)(C)C(C)(C)C3(C)C)/C=C\C(CC)c1c(C)cc(C)cc1C2=N. The molecule has 32 heavy (non-hydrogen) atoms. The van der Waals surface area contributed by atoms with Crippen LogP contribution in [0.5, 0.6) is 0 Å². The number of allylic oxidation sites excluding steroid dienone is 1. The Morgan fingerprint density at radius 3 is 2.12 bits per heavy atom. The Hall–Kier alpha value is -2.09.